The lowest BCUT2D eigenvalue weighted by molar-refractivity contribution is -0.137. The maximum absolute atomic E-state index is 13.5. The van der Waals surface area contributed by atoms with Crippen LogP contribution >= 0.6 is 0 Å². The van der Waals surface area contributed by atoms with Gasteiger partial charge < -0.3 is 14.6 Å². The van der Waals surface area contributed by atoms with Crippen molar-refractivity contribution < 1.29 is 18.3 Å². The van der Waals surface area contributed by atoms with Crippen molar-refractivity contribution in [2.24, 2.45) is 0 Å². The van der Waals surface area contributed by atoms with E-state index in [0.717, 1.165) is 28.8 Å². The molecule has 0 saturated heterocycles. The van der Waals surface area contributed by atoms with E-state index in [0.29, 0.717) is 35.6 Å². The molecule has 5 rings (SSSR count). The molecule has 5 aromatic rings. The first-order chi connectivity index (χ1) is 17.5. The number of aliphatic hydroxyl groups is 1. The van der Waals surface area contributed by atoms with E-state index in [1.807, 2.05) is 65.6 Å². The second-order valence-electron chi connectivity index (χ2n) is 8.35. The highest BCUT2D eigenvalue weighted by Gasteiger charge is 2.31. The van der Waals surface area contributed by atoms with Gasteiger partial charge in [0, 0.05) is 30.5 Å². The first-order valence-electron chi connectivity index (χ1n) is 11.4. The quantitative estimate of drug-likeness (QED) is 0.301. The highest BCUT2D eigenvalue weighted by atomic mass is 19.4. The number of fused-ring (bicyclic) bond motifs is 1. The summed E-state index contributed by atoms with van der Waals surface area (Å²) in [6.45, 7) is 0.730. The van der Waals surface area contributed by atoms with Crippen LogP contribution in [-0.2, 0) is 12.7 Å². The topological polar surface area (TPSA) is 54.2 Å². The molecule has 8 heteroatoms. The summed E-state index contributed by atoms with van der Waals surface area (Å²) >= 11 is 0. The van der Waals surface area contributed by atoms with Crippen molar-refractivity contribution in [3.05, 3.63) is 109 Å². The van der Waals surface area contributed by atoms with Gasteiger partial charge >= 0.3 is 6.18 Å². The van der Waals surface area contributed by atoms with Crippen molar-refractivity contribution in [2.45, 2.75) is 12.7 Å². The van der Waals surface area contributed by atoms with E-state index in [1.165, 1.54) is 12.4 Å². The lowest BCUT2D eigenvalue weighted by Crippen LogP contribution is -2.27. The molecular weight excluding hydrogens is 465 g/mol. The Morgan fingerprint density at radius 1 is 0.861 bits per heavy atom. The average Bonchev–Trinajstić information content (AvgIpc) is 3.29. The van der Waals surface area contributed by atoms with Crippen molar-refractivity contribution in [2.75, 3.05) is 18.1 Å². The Labute approximate surface area is 206 Å². The molecule has 36 heavy (non-hydrogen) atoms. The van der Waals surface area contributed by atoms with Gasteiger partial charge in [-0.25, -0.2) is 9.97 Å². The Morgan fingerprint density at radius 3 is 2.28 bits per heavy atom. The van der Waals surface area contributed by atoms with Crippen LogP contribution in [0.1, 0.15) is 11.1 Å². The summed E-state index contributed by atoms with van der Waals surface area (Å²) in [6.07, 6.45) is -1.26. The van der Waals surface area contributed by atoms with Gasteiger partial charge in [-0.15, -0.1) is 0 Å². The number of benzene rings is 3. The van der Waals surface area contributed by atoms with Crippen LogP contribution in [0.15, 0.2) is 97.5 Å². The largest absolute Gasteiger partial charge is 0.416 e. The van der Waals surface area contributed by atoms with Gasteiger partial charge in [0.2, 0.25) is 0 Å². The normalized spacial score (nSPS) is 11.7. The van der Waals surface area contributed by atoms with E-state index >= 15 is 0 Å². The number of hydrogen-bond acceptors (Lipinski definition) is 4. The van der Waals surface area contributed by atoms with E-state index in [1.54, 1.807) is 16.8 Å². The summed E-state index contributed by atoms with van der Waals surface area (Å²) in [5, 5.41) is 10.5. The summed E-state index contributed by atoms with van der Waals surface area (Å²) in [7, 11) is 0. The summed E-state index contributed by atoms with van der Waals surface area (Å²) < 4.78 is 42.1. The Bertz CT molecular complexity index is 1470. The highest BCUT2D eigenvalue weighted by molar-refractivity contribution is 6.02. The number of alkyl halides is 3. The summed E-state index contributed by atoms with van der Waals surface area (Å²) in [5.74, 6) is 0.600. The summed E-state index contributed by atoms with van der Waals surface area (Å²) in [5.41, 5.74) is 2.80. The molecule has 0 unspecified atom stereocenters. The van der Waals surface area contributed by atoms with Gasteiger partial charge in [-0.2, -0.15) is 13.2 Å². The molecule has 0 aliphatic carbocycles. The first kappa shape index (κ1) is 23.6. The third-order valence-corrected chi connectivity index (χ3v) is 5.99. The minimum absolute atomic E-state index is 0.0899. The monoisotopic (exact) mass is 488 g/mol. The molecule has 0 bridgehead atoms. The summed E-state index contributed by atoms with van der Waals surface area (Å²) in [4.78, 5) is 11.0. The number of halogens is 3. The smallest absolute Gasteiger partial charge is 0.395 e. The molecule has 0 saturated carbocycles. The van der Waals surface area contributed by atoms with Crippen molar-refractivity contribution in [3.8, 4) is 16.8 Å². The van der Waals surface area contributed by atoms with Crippen molar-refractivity contribution >= 4 is 16.9 Å². The van der Waals surface area contributed by atoms with E-state index in [2.05, 4.69) is 9.97 Å². The standard InChI is InChI=1S/C28H23F3N4O/c29-28(30,31)22-12-7-13-23(16-22)35-18-24(21-10-5-2-6-11-21)25-26(32-19-33-27(25)35)34(14-15-36)17-20-8-3-1-4-9-20/h1-13,16,18-19,36H,14-15,17H2. The molecule has 2 aromatic heterocycles. The Morgan fingerprint density at radius 2 is 1.58 bits per heavy atom. The molecule has 0 spiro atoms. The predicted molar refractivity (Wildman–Crippen MR) is 134 cm³/mol. The Hall–Kier alpha value is -4.17. The van der Waals surface area contributed by atoms with E-state index < -0.39 is 11.7 Å². The summed E-state index contributed by atoms with van der Waals surface area (Å²) in [6, 6.07) is 24.6. The molecule has 0 aliphatic heterocycles. The molecule has 0 aliphatic rings. The molecule has 5 nitrogen and oxygen atoms in total. The number of hydrogen-bond donors (Lipinski definition) is 1. The maximum atomic E-state index is 13.5. The first-order valence-corrected chi connectivity index (χ1v) is 11.4. The number of rotatable bonds is 7. The SMILES string of the molecule is OCCN(Cc1ccccc1)c1ncnc2c1c(-c1ccccc1)cn2-c1cccc(C(F)(F)F)c1. The molecule has 0 fully saturated rings. The third-order valence-electron chi connectivity index (χ3n) is 5.99. The Kier molecular flexibility index (Phi) is 6.43. The van der Waals surface area contributed by atoms with Crippen molar-refractivity contribution in [1.29, 1.82) is 0 Å². The van der Waals surface area contributed by atoms with E-state index in [-0.39, 0.29) is 6.61 Å². The van der Waals surface area contributed by atoms with Crippen LogP contribution in [-0.4, -0.2) is 32.8 Å². The number of aliphatic hydroxyl groups excluding tert-OH is 1. The zero-order valence-electron chi connectivity index (χ0n) is 19.2. The van der Waals surface area contributed by atoms with Gasteiger partial charge in [-0.3, -0.25) is 0 Å². The van der Waals surface area contributed by atoms with Crippen LogP contribution in [0.5, 0.6) is 0 Å². The maximum Gasteiger partial charge on any atom is 0.416 e. The van der Waals surface area contributed by atoms with Crippen LogP contribution in [0.2, 0.25) is 0 Å². The van der Waals surface area contributed by atoms with Crippen molar-refractivity contribution in [1.82, 2.24) is 14.5 Å². The molecule has 3 aromatic carbocycles. The van der Waals surface area contributed by atoms with Gasteiger partial charge in [0.05, 0.1) is 17.6 Å². The highest BCUT2D eigenvalue weighted by Crippen LogP contribution is 2.38. The molecule has 2 heterocycles. The van der Waals surface area contributed by atoms with Gasteiger partial charge in [-0.05, 0) is 29.3 Å². The molecule has 0 atom stereocenters. The molecule has 182 valence electrons. The average molecular weight is 489 g/mol. The predicted octanol–water partition coefficient (Wildman–Crippen LogP) is 6.11. The van der Waals surface area contributed by atoms with Crippen LogP contribution < -0.4 is 4.90 Å². The van der Waals surface area contributed by atoms with Gasteiger partial charge in [0.15, 0.2) is 5.65 Å². The second-order valence-corrected chi connectivity index (χ2v) is 8.35. The second kappa shape index (κ2) is 9.83. The fourth-order valence-corrected chi connectivity index (χ4v) is 4.34. The number of nitrogens with zero attached hydrogens (tertiary/aromatic N) is 4. The van der Waals surface area contributed by atoms with Gasteiger partial charge in [0.25, 0.3) is 0 Å². The van der Waals surface area contributed by atoms with Gasteiger partial charge in [-0.1, -0.05) is 66.7 Å². The lowest BCUT2D eigenvalue weighted by atomic mass is 10.1. The molecular formula is C28H23F3N4O. The van der Waals surface area contributed by atoms with E-state index in [4.69, 9.17) is 0 Å². The minimum atomic E-state index is -4.46. The van der Waals surface area contributed by atoms with Crippen LogP contribution in [0.25, 0.3) is 27.8 Å². The van der Waals surface area contributed by atoms with Crippen LogP contribution in [0.4, 0.5) is 19.0 Å². The third kappa shape index (κ3) is 4.67. The number of anilines is 1. The van der Waals surface area contributed by atoms with E-state index in [9.17, 15) is 18.3 Å². The van der Waals surface area contributed by atoms with Crippen LogP contribution in [0, 0.1) is 0 Å². The molecule has 0 amide bonds. The van der Waals surface area contributed by atoms with Gasteiger partial charge in [0.1, 0.15) is 12.1 Å². The zero-order chi connectivity index (χ0) is 25.1. The van der Waals surface area contributed by atoms with Crippen molar-refractivity contribution in [3.63, 3.8) is 0 Å². The minimum Gasteiger partial charge on any atom is -0.395 e. The fourth-order valence-electron chi connectivity index (χ4n) is 4.34. The number of aromatic nitrogens is 3. The molecule has 1 N–H and O–H groups in total. The van der Waals surface area contributed by atoms with Crippen LogP contribution in [0.3, 0.4) is 0 Å². The molecule has 0 radical (unpaired) electrons. The Balaban J connectivity index is 1.73. The zero-order valence-corrected chi connectivity index (χ0v) is 19.2. The lowest BCUT2D eigenvalue weighted by Gasteiger charge is -2.24. The fraction of sp³-hybridized carbons (Fsp3) is 0.143.